The highest BCUT2D eigenvalue weighted by atomic mass is 79.9. The van der Waals surface area contributed by atoms with Gasteiger partial charge in [-0.05, 0) is 66.9 Å². The summed E-state index contributed by atoms with van der Waals surface area (Å²) >= 11 is 10.1. The number of aromatic nitrogens is 2. The third kappa shape index (κ3) is 3.97. The molecule has 0 saturated carbocycles. The minimum atomic E-state index is 0.493. The molecule has 3 heterocycles. The molecule has 2 aromatic carbocycles. The summed E-state index contributed by atoms with van der Waals surface area (Å²) in [5, 5.41) is 3.88. The number of nitrogens with zero attached hydrogens (tertiary/aromatic N) is 4. The number of hydrogen-bond donors (Lipinski definition) is 1. The highest BCUT2D eigenvalue weighted by molar-refractivity contribution is 9.10. The van der Waals surface area contributed by atoms with Crippen molar-refractivity contribution < 1.29 is 4.74 Å². The van der Waals surface area contributed by atoms with Crippen LogP contribution in [-0.4, -0.2) is 42.1 Å². The molecule has 0 amide bonds. The Morgan fingerprint density at radius 3 is 2.77 bits per heavy atom. The standard InChI is InChI=1S/C23H23BrClN5O/c1-29-7-5-14-11-21(31-2)19(10-16(14)13-29)27-23-26-12-18(25)22(28-23)30-8-6-15-9-17(24)3-4-20(15)30/h3-4,9-12H,5-8,13H2,1-2H3,(H,26,27,28). The van der Waals surface area contributed by atoms with Crippen molar-refractivity contribution in [2.24, 2.45) is 0 Å². The fourth-order valence-electron chi connectivity index (χ4n) is 4.31. The summed E-state index contributed by atoms with van der Waals surface area (Å²) in [4.78, 5) is 13.7. The van der Waals surface area contributed by atoms with E-state index >= 15 is 0 Å². The number of fused-ring (bicyclic) bond motifs is 2. The molecule has 3 aromatic rings. The van der Waals surface area contributed by atoms with E-state index in [0.717, 1.165) is 54.1 Å². The molecular formula is C23H23BrClN5O. The van der Waals surface area contributed by atoms with Crippen molar-refractivity contribution in [1.29, 1.82) is 0 Å². The molecule has 0 unspecified atom stereocenters. The van der Waals surface area contributed by atoms with Crippen molar-refractivity contribution in [3.05, 3.63) is 62.7 Å². The summed E-state index contributed by atoms with van der Waals surface area (Å²) in [6, 6.07) is 10.6. The molecule has 1 aromatic heterocycles. The molecule has 31 heavy (non-hydrogen) atoms. The molecule has 160 valence electrons. The molecule has 2 aliphatic heterocycles. The van der Waals surface area contributed by atoms with Crippen molar-refractivity contribution in [2.75, 3.05) is 37.5 Å². The van der Waals surface area contributed by atoms with Crippen LogP contribution in [0, 0.1) is 0 Å². The Kier molecular flexibility index (Phi) is 5.50. The Balaban J connectivity index is 1.48. The molecule has 0 saturated heterocycles. The van der Waals surface area contributed by atoms with E-state index in [1.807, 2.05) is 6.07 Å². The summed E-state index contributed by atoms with van der Waals surface area (Å²) in [6.45, 7) is 2.80. The van der Waals surface area contributed by atoms with Crippen molar-refractivity contribution in [1.82, 2.24) is 14.9 Å². The van der Waals surface area contributed by atoms with Gasteiger partial charge in [0, 0.05) is 29.8 Å². The molecule has 6 nitrogen and oxygen atoms in total. The van der Waals surface area contributed by atoms with Crippen LogP contribution in [0.1, 0.15) is 16.7 Å². The normalized spacial score (nSPS) is 15.5. The topological polar surface area (TPSA) is 53.5 Å². The number of nitrogens with one attached hydrogen (secondary N) is 1. The van der Waals surface area contributed by atoms with Gasteiger partial charge in [-0.15, -0.1) is 0 Å². The Hall–Kier alpha value is -2.35. The van der Waals surface area contributed by atoms with Crippen LogP contribution in [0.15, 0.2) is 41.0 Å². The van der Waals surface area contributed by atoms with E-state index in [4.69, 9.17) is 21.3 Å². The van der Waals surface area contributed by atoms with E-state index in [1.54, 1.807) is 13.3 Å². The number of benzene rings is 2. The number of halogens is 2. The van der Waals surface area contributed by atoms with Gasteiger partial charge in [-0.25, -0.2) is 4.98 Å². The van der Waals surface area contributed by atoms with Crippen molar-refractivity contribution in [2.45, 2.75) is 19.4 Å². The molecule has 0 bridgehead atoms. The van der Waals surface area contributed by atoms with E-state index in [0.29, 0.717) is 16.8 Å². The number of methoxy groups -OCH3 is 1. The van der Waals surface area contributed by atoms with E-state index in [2.05, 4.69) is 67.3 Å². The quantitative estimate of drug-likeness (QED) is 0.523. The number of likely N-dealkylation sites (N-methyl/N-ethyl adjacent to an activating group) is 1. The molecule has 0 aliphatic carbocycles. The van der Waals surface area contributed by atoms with Gasteiger partial charge >= 0.3 is 0 Å². The van der Waals surface area contributed by atoms with Crippen molar-refractivity contribution in [3.8, 4) is 5.75 Å². The maximum atomic E-state index is 6.51. The Morgan fingerprint density at radius 2 is 1.94 bits per heavy atom. The maximum Gasteiger partial charge on any atom is 0.229 e. The molecule has 5 rings (SSSR count). The number of hydrogen-bond acceptors (Lipinski definition) is 6. The fraction of sp³-hybridized carbons (Fsp3) is 0.304. The lowest BCUT2D eigenvalue weighted by Crippen LogP contribution is -2.26. The molecule has 8 heteroatoms. The van der Waals surface area contributed by atoms with Crippen LogP contribution in [0.3, 0.4) is 0 Å². The molecule has 2 aliphatic rings. The zero-order chi connectivity index (χ0) is 21.5. The van der Waals surface area contributed by atoms with Crippen LogP contribution in [-0.2, 0) is 19.4 Å². The molecular weight excluding hydrogens is 478 g/mol. The van der Waals surface area contributed by atoms with Crippen LogP contribution in [0.25, 0.3) is 0 Å². The van der Waals surface area contributed by atoms with Gasteiger partial charge in [0.15, 0.2) is 5.82 Å². The largest absolute Gasteiger partial charge is 0.495 e. The van der Waals surface area contributed by atoms with Crippen molar-refractivity contribution >= 4 is 50.7 Å². The van der Waals surface area contributed by atoms with Gasteiger partial charge in [0.05, 0.1) is 19.0 Å². The molecule has 0 atom stereocenters. The van der Waals surface area contributed by atoms with Gasteiger partial charge in [0.2, 0.25) is 5.95 Å². The smallest absolute Gasteiger partial charge is 0.229 e. The van der Waals surface area contributed by atoms with Crippen LogP contribution in [0.5, 0.6) is 5.75 Å². The van der Waals surface area contributed by atoms with Gasteiger partial charge in [-0.2, -0.15) is 4.98 Å². The zero-order valence-electron chi connectivity index (χ0n) is 17.5. The Bertz CT molecular complexity index is 1160. The molecule has 0 radical (unpaired) electrons. The molecule has 0 fully saturated rings. The van der Waals surface area contributed by atoms with Gasteiger partial charge < -0.3 is 19.9 Å². The summed E-state index contributed by atoms with van der Waals surface area (Å²) in [5.74, 6) is 1.99. The van der Waals surface area contributed by atoms with Gasteiger partial charge in [0.1, 0.15) is 10.8 Å². The van der Waals surface area contributed by atoms with Gasteiger partial charge in [0.25, 0.3) is 0 Å². The highest BCUT2D eigenvalue weighted by Gasteiger charge is 2.24. The first-order valence-electron chi connectivity index (χ1n) is 10.3. The lowest BCUT2D eigenvalue weighted by atomic mass is 9.99. The van der Waals surface area contributed by atoms with Crippen molar-refractivity contribution in [3.63, 3.8) is 0 Å². The first-order chi connectivity index (χ1) is 15.0. The van der Waals surface area contributed by atoms with E-state index in [1.165, 1.54) is 16.7 Å². The first-order valence-corrected chi connectivity index (χ1v) is 11.4. The minimum absolute atomic E-state index is 0.493. The first kappa shape index (κ1) is 20.5. The SMILES string of the molecule is COc1cc2c(cc1Nc1ncc(Cl)c(N3CCc4cc(Br)ccc43)n1)CN(C)CC2. The number of ether oxygens (including phenoxy) is 1. The number of rotatable bonds is 4. The van der Waals surface area contributed by atoms with Crippen LogP contribution < -0.4 is 15.0 Å². The Morgan fingerprint density at radius 1 is 1.10 bits per heavy atom. The maximum absolute atomic E-state index is 6.51. The average molecular weight is 501 g/mol. The summed E-state index contributed by atoms with van der Waals surface area (Å²) < 4.78 is 6.73. The predicted molar refractivity (Wildman–Crippen MR) is 128 cm³/mol. The van der Waals surface area contributed by atoms with E-state index in [-0.39, 0.29) is 0 Å². The van der Waals surface area contributed by atoms with E-state index < -0.39 is 0 Å². The van der Waals surface area contributed by atoms with E-state index in [9.17, 15) is 0 Å². The van der Waals surface area contributed by atoms with Crippen LogP contribution in [0.4, 0.5) is 23.1 Å². The lowest BCUT2D eigenvalue weighted by molar-refractivity contribution is 0.312. The fourth-order valence-corrected chi connectivity index (χ4v) is 4.91. The third-order valence-corrected chi connectivity index (χ3v) is 6.65. The Labute approximate surface area is 195 Å². The van der Waals surface area contributed by atoms with Gasteiger partial charge in [-0.1, -0.05) is 27.5 Å². The zero-order valence-corrected chi connectivity index (χ0v) is 19.8. The molecule has 1 N–H and O–H groups in total. The second kappa shape index (κ2) is 8.30. The third-order valence-electron chi connectivity index (χ3n) is 5.89. The van der Waals surface area contributed by atoms with Crippen LogP contribution in [0.2, 0.25) is 5.02 Å². The van der Waals surface area contributed by atoms with Crippen LogP contribution >= 0.6 is 27.5 Å². The highest BCUT2D eigenvalue weighted by Crippen LogP contribution is 2.39. The lowest BCUT2D eigenvalue weighted by Gasteiger charge is -2.26. The second-order valence-corrected chi connectivity index (χ2v) is 9.30. The summed E-state index contributed by atoms with van der Waals surface area (Å²) in [6.07, 6.45) is 3.63. The monoisotopic (exact) mass is 499 g/mol. The molecule has 0 spiro atoms. The minimum Gasteiger partial charge on any atom is -0.495 e. The summed E-state index contributed by atoms with van der Waals surface area (Å²) in [5.41, 5.74) is 5.89. The summed E-state index contributed by atoms with van der Waals surface area (Å²) in [7, 11) is 3.83. The average Bonchev–Trinajstić information content (AvgIpc) is 3.17. The predicted octanol–water partition coefficient (Wildman–Crippen LogP) is 5.33. The second-order valence-electron chi connectivity index (χ2n) is 7.97. The van der Waals surface area contributed by atoms with Gasteiger partial charge in [-0.3, -0.25) is 0 Å². The number of anilines is 4.